The molecule has 5 nitrogen and oxygen atoms in total. The Kier molecular flexibility index (Phi) is 4.37. The second-order valence-electron chi connectivity index (χ2n) is 7.15. The van der Waals surface area contributed by atoms with E-state index in [1.165, 1.54) is 0 Å². The number of carbonyl (C=O) groups is 2. The van der Waals surface area contributed by atoms with Gasteiger partial charge >= 0.3 is 0 Å². The number of piperidine rings is 1. The highest BCUT2D eigenvalue weighted by molar-refractivity contribution is 5.80. The van der Waals surface area contributed by atoms with Gasteiger partial charge in [-0.25, -0.2) is 0 Å². The minimum Gasteiger partial charge on any atom is -0.384 e. The van der Waals surface area contributed by atoms with E-state index in [0.29, 0.717) is 26.0 Å². The molecule has 1 spiro atoms. The Morgan fingerprint density at radius 3 is 2.85 bits per heavy atom. The van der Waals surface area contributed by atoms with Gasteiger partial charge in [-0.15, -0.1) is 0 Å². The van der Waals surface area contributed by atoms with Crippen molar-refractivity contribution in [1.82, 2.24) is 10.2 Å². The molecule has 2 saturated heterocycles. The first-order valence-corrected chi connectivity index (χ1v) is 7.39. The average molecular weight is 282 g/mol. The Balaban J connectivity index is 1.95. The number of amides is 2. The second kappa shape index (κ2) is 5.72. The molecule has 2 rings (SSSR count). The molecule has 2 aliphatic heterocycles. The number of nitrogens with zero attached hydrogens (tertiary/aromatic N) is 1. The Morgan fingerprint density at radius 1 is 1.50 bits per heavy atom. The van der Waals surface area contributed by atoms with Crippen LogP contribution < -0.4 is 5.32 Å². The first-order chi connectivity index (χ1) is 9.36. The normalized spacial score (nSPS) is 26.9. The molecule has 2 aliphatic rings. The van der Waals surface area contributed by atoms with Crippen molar-refractivity contribution in [2.75, 3.05) is 33.4 Å². The minimum absolute atomic E-state index is 0.0175. The molecule has 114 valence electrons. The molecular weight excluding hydrogens is 256 g/mol. The predicted octanol–water partition coefficient (Wildman–Crippen LogP) is 1.18. The van der Waals surface area contributed by atoms with Crippen LogP contribution in [0.15, 0.2) is 0 Å². The summed E-state index contributed by atoms with van der Waals surface area (Å²) in [5.74, 6) is 0.310. The van der Waals surface area contributed by atoms with Crippen molar-refractivity contribution in [2.24, 2.45) is 10.8 Å². The van der Waals surface area contributed by atoms with Crippen molar-refractivity contribution in [3.8, 4) is 0 Å². The largest absolute Gasteiger partial charge is 0.384 e. The molecule has 2 fully saturated rings. The predicted molar refractivity (Wildman–Crippen MR) is 76.1 cm³/mol. The van der Waals surface area contributed by atoms with Gasteiger partial charge in [-0.3, -0.25) is 9.59 Å². The molecule has 0 saturated carbocycles. The number of methoxy groups -OCH3 is 1. The quantitative estimate of drug-likeness (QED) is 0.842. The van der Waals surface area contributed by atoms with Gasteiger partial charge in [0.05, 0.1) is 6.61 Å². The van der Waals surface area contributed by atoms with Gasteiger partial charge in [-0.2, -0.15) is 0 Å². The summed E-state index contributed by atoms with van der Waals surface area (Å²) in [6.07, 6.45) is 3.10. The van der Waals surface area contributed by atoms with Crippen LogP contribution in [-0.2, 0) is 14.3 Å². The lowest BCUT2D eigenvalue weighted by molar-refractivity contribution is -0.137. The standard InChI is InChI=1S/C15H26N2O3/c1-14(2,11-20-3)8-13(19)17-6-4-5-15(10-17)7-12(18)16-9-15/h4-11H2,1-3H3,(H,16,18). The zero-order chi connectivity index (χ0) is 14.8. The molecule has 0 aromatic carbocycles. The highest BCUT2D eigenvalue weighted by Gasteiger charge is 2.43. The fourth-order valence-corrected chi connectivity index (χ4v) is 3.42. The monoisotopic (exact) mass is 282 g/mol. The molecule has 2 amide bonds. The third-order valence-electron chi connectivity index (χ3n) is 4.38. The summed E-state index contributed by atoms with van der Waals surface area (Å²) in [5.41, 5.74) is -0.156. The van der Waals surface area contributed by atoms with Crippen LogP contribution in [0.1, 0.15) is 39.5 Å². The molecule has 0 bridgehead atoms. The third kappa shape index (κ3) is 3.51. The smallest absolute Gasteiger partial charge is 0.223 e. The zero-order valence-electron chi connectivity index (χ0n) is 12.8. The first kappa shape index (κ1) is 15.3. The number of nitrogens with one attached hydrogen (secondary N) is 1. The van der Waals surface area contributed by atoms with Gasteiger partial charge in [0, 0.05) is 45.0 Å². The molecule has 0 aromatic rings. The van der Waals surface area contributed by atoms with E-state index in [1.807, 2.05) is 4.90 Å². The Labute approximate surface area is 121 Å². The maximum absolute atomic E-state index is 12.5. The van der Waals surface area contributed by atoms with Crippen LogP contribution in [0.5, 0.6) is 0 Å². The van der Waals surface area contributed by atoms with E-state index in [4.69, 9.17) is 4.74 Å². The second-order valence-corrected chi connectivity index (χ2v) is 7.15. The van der Waals surface area contributed by atoms with Crippen molar-refractivity contribution in [3.05, 3.63) is 0 Å². The van der Waals surface area contributed by atoms with Crippen molar-refractivity contribution in [2.45, 2.75) is 39.5 Å². The fraction of sp³-hybridized carbons (Fsp3) is 0.867. The lowest BCUT2D eigenvalue weighted by Gasteiger charge is -2.40. The van der Waals surface area contributed by atoms with Crippen LogP contribution in [0.4, 0.5) is 0 Å². The molecule has 0 aromatic heterocycles. The van der Waals surface area contributed by atoms with Crippen LogP contribution in [0, 0.1) is 10.8 Å². The van der Waals surface area contributed by atoms with Gasteiger partial charge in [0.25, 0.3) is 0 Å². The van der Waals surface area contributed by atoms with E-state index in [-0.39, 0.29) is 22.6 Å². The highest BCUT2D eigenvalue weighted by atomic mass is 16.5. The molecule has 0 radical (unpaired) electrons. The van der Waals surface area contributed by atoms with Crippen LogP contribution in [0.25, 0.3) is 0 Å². The molecule has 2 heterocycles. The van der Waals surface area contributed by atoms with E-state index >= 15 is 0 Å². The number of likely N-dealkylation sites (tertiary alicyclic amines) is 1. The molecule has 5 heteroatoms. The van der Waals surface area contributed by atoms with E-state index in [2.05, 4.69) is 19.2 Å². The number of ether oxygens (including phenoxy) is 1. The average Bonchev–Trinajstić information content (AvgIpc) is 2.69. The van der Waals surface area contributed by atoms with Crippen LogP contribution in [0.2, 0.25) is 0 Å². The third-order valence-corrected chi connectivity index (χ3v) is 4.38. The van der Waals surface area contributed by atoms with Crippen molar-refractivity contribution in [1.29, 1.82) is 0 Å². The SMILES string of the molecule is COCC(C)(C)CC(=O)N1CCCC2(CNC(=O)C2)C1. The van der Waals surface area contributed by atoms with E-state index in [0.717, 1.165) is 25.9 Å². The van der Waals surface area contributed by atoms with E-state index in [1.54, 1.807) is 7.11 Å². The molecule has 20 heavy (non-hydrogen) atoms. The number of hydrogen-bond acceptors (Lipinski definition) is 3. The Morgan fingerprint density at radius 2 is 2.25 bits per heavy atom. The molecule has 0 aliphatic carbocycles. The van der Waals surface area contributed by atoms with Crippen LogP contribution in [0.3, 0.4) is 0 Å². The van der Waals surface area contributed by atoms with Crippen molar-refractivity contribution in [3.63, 3.8) is 0 Å². The van der Waals surface area contributed by atoms with Gasteiger partial charge in [-0.05, 0) is 18.3 Å². The summed E-state index contributed by atoms with van der Waals surface area (Å²) in [7, 11) is 1.66. The summed E-state index contributed by atoms with van der Waals surface area (Å²) in [6, 6.07) is 0. The number of carbonyl (C=O) groups excluding carboxylic acids is 2. The van der Waals surface area contributed by atoms with E-state index < -0.39 is 0 Å². The topological polar surface area (TPSA) is 58.6 Å². The van der Waals surface area contributed by atoms with E-state index in [9.17, 15) is 9.59 Å². The van der Waals surface area contributed by atoms with Gasteiger partial charge in [-0.1, -0.05) is 13.8 Å². The summed E-state index contributed by atoms with van der Waals surface area (Å²) in [5, 5.41) is 2.91. The molecular formula is C15H26N2O3. The number of hydrogen-bond donors (Lipinski definition) is 1. The lowest BCUT2D eigenvalue weighted by atomic mass is 9.78. The van der Waals surface area contributed by atoms with Crippen molar-refractivity contribution < 1.29 is 14.3 Å². The van der Waals surface area contributed by atoms with Gasteiger partial charge in [0.2, 0.25) is 11.8 Å². The van der Waals surface area contributed by atoms with Gasteiger partial charge < -0.3 is 15.0 Å². The molecule has 1 unspecified atom stereocenters. The van der Waals surface area contributed by atoms with Crippen LogP contribution in [-0.4, -0.2) is 50.1 Å². The maximum atomic E-state index is 12.5. The first-order valence-electron chi connectivity index (χ1n) is 7.39. The minimum atomic E-state index is -0.139. The summed E-state index contributed by atoms with van der Waals surface area (Å²) in [6.45, 7) is 6.93. The lowest BCUT2D eigenvalue weighted by Crippen LogP contribution is -2.48. The highest BCUT2D eigenvalue weighted by Crippen LogP contribution is 2.36. The molecule has 1 atom stereocenters. The van der Waals surface area contributed by atoms with Crippen LogP contribution >= 0.6 is 0 Å². The van der Waals surface area contributed by atoms with Gasteiger partial charge in [0.1, 0.15) is 0 Å². The zero-order valence-corrected chi connectivity index (χ0v) is 12.8. The van der Waals surface area contributed by atoms with Gasteiger partial charge in [0.15, 0.2) is 0 Å². The fourth-order valence-electron chi connectivity index (χ4n) is 3.42. The Bertz CT molecular complexity index is 395. The summed E-state index contributed by atoms with van der Waals surface area (Å²) < 4.78 is 5.18. The molecule has 1 N–H and O–H groups in total. The maximum Gasteiger partial charge on any atom is 0.223 e. The van der Waals surface area contributed by atoms with Crippen molar-refractivity contribution >= 4 is 11.8 Å². The Hall–Kier alpha value is -1.10. The summed E-state index contributed by atoms with van der Waals surface area (Å²) >= 11 is 0. The number of rotatable bonds is 4. The summed E-state index contributed by atoms with van der Waals surface area (Å²) in [4.78, 5) is 25.9.